The number of hydrogen-bond donors (Lipinski definition) is 0. The number of benzene rings is 1. The van der Waals surface area contributed by atoms with E-state index in [-0.39, 0.29) is 11.2 Å². The molecule has 1 unspecified atom stereocenters. The van der Waals surface area contributed by atoms with Crippen LogP contribution in [0.3, 0.4) is 0 Å². The third-order valence-corrected chi connectivity index (χ3v) is 2.52. The Bertz CT molecular complexity index is 322. The van der Waals surface area contributed by atoms with Crippen molar-refractivity contribution in [2.24, 2.45) is 0 Å². The van der Waals surface area contributed by atoms with E-state index in [0.717, 1.165) is 0 Å². The summed E-state index contributed by atoms with van der Waals surface area (Å²) in [5.74, 6) is -0.174. The lowest BCUT2D eigenvalue weighted by Crippen LogP contribution is -2.28. The zero-order valence-corrected chi connectivity index (χ0v) is 10.4. The summed E-state index contributed by atoms with van der Waals surface area (Å²) in [4.78, 5) is 1.98. The van der Waals surface area contributed by atoms with Crippen LogP contribution in [0.4, 0.5) is 4.39 Å². The third-order valence-electron chi connectivity index (χ3n) is 2.26. The molecular weight excluding hydrogens is 229 g/mol. The van der Waals surface area contributed by atoms with Crippen molar-refractivity contribution in [3.63, 3.8) is 0 Å². The van der Waals surface area contributed by atoms with Crippen LogP contribution in [0.1, 0.15) is 5.56 Å². The van der Waals surface area contributed by atoms with Crippen molar-refractivity contribution in [2.75, 3.05) is 27.3 Å². The van der Waals surface area contributed by atoms with Crippen molar-refractivity contribution >= 4 is 11.6 Å². The van der Waals surface area contributed by atoms with E-state index < -0.39 is 0 Å². The van der Waals surface area contributed by atoms with Crippen LogP contribution in [0.5, 0.6) is 0 Å². The zero-order chi connectivity index (χ0) is 12.0. The summed E-state index contributed by atoms with van der Waals surface area (Å²) in [7, 11) is 3.53. The largest absolute Gasteiger partial charge is 0.383 e. The fourth-order valence-corrected chi connectivity index (χ4v) is 1.92. The third kappa shape index (κ3) is 4.47. The minimum atomic E-state index is -0.174. The van der Waals surface area contributed by atoms with Crippen LogP contribution in [0.25, 0.3) is 0 Å². The zero-order valence-electron chi connectivity index (χ0n) is 9.62. The number of methoxy groups -OCH3 is 1. The maximum atomic E-state index is 13.4. The van der Waals surface area contributed by atoms with Gasteiger partial charge in [-0.2, -0.15) is 0 Å². The highest BCUT2D eigenvalue weighted by molar-refractivity contribution is 6.20. The van der Waals surface area contributed by atoms with Crippen LogP contribution >= 0.6 is 11.6 Å². The number of nitrogens with zero attached hydrogens (tertiary/aromatic N) is 1. The normalized spacial score (nSPS) is 13.1. The Labute approximate surface area is 101 Å². The average molecular weight is 246 g/mol. The van der Waals surface area contributed by atoms with Gasteiger partial charge in [0.1, 0.15) is 5.82 Å². The van der Waals surface area contributed by atoms with Gasteiger partial charge in [0, 0.05) is 25.8 Å². The number of halogens is 2. The molecule has 0 aliphatic heterocycles. The van der Waals surface area contributed by atoms with Crippen molar-refractivity contribution in [3.05, 3.63) is 35.6 Å². The van der Waals surface area contributed by atoms with Gasteiger partial charge in [-0.3, -0.25) is 0 Å². The lowest BCUT2D eigenvalue weighted by atomic mass is 10.2. The number of rotatable bonds is 6. The van der Waals surface area contributed by atoms with Gasteiger partial charge in [0.05, 0.1) is 12.0 Å². The Balaban J connectivity index is 2.45. The van der Waals surface area contributed by atoms with Gasteiger partial charge >= 0.3 is 0 Å². The van der Waals surface area contributed by atoms with Crippen LogP contribution in [0, 0.1) is 5.82 Å². The molecule has 0 bridgehead atoms. The molecule has 16 heavy (non-hydrogen) atoms. The van der Waals surface area contributed by atoms with Gasteiger partial charge in [-0.25, -0.2) is 4.39 Å². The minimum Gasteiger partial charge on any atom is -0.383 e. The predicted molar refractivity (Wildman–Crippen MR) is 64.3 cm³/mol. The highest BCUT2D eigenvalue weighted by Crippen LogP contribution is 2.10. The van der Waals surface area contributed by atoms with E-state index >= 15 is 0 Å². The molecule has 1 aromatic rings. The van der Waals surface area contributed by atoms with Crippen molar-refractivity contribution in [1.82, 2.24) is 4.90 Å². The summed E-state index contributed by atoms with van der Waals surface area (Å²) in [6.45, 7) is 1.73. The first-order valence-corrected chi connectivity index (χ1v) is 5.62. The first kappa shape index (κ1) is 13.4. The van der Waals surface area contributed by atoms with E-state index in [4.69, 9.17) is 16.3 Å². The molecule has 2 nitrogen and oxygen atoms in total. The quantitative estimate of drug-likeness (QED) is 0.714. The molecule has 0 fully saturated rings. The Hall–Kier alpha value is -0.640. The van der Waals surface area contributed by atoms with Gasteiger partial charge in [0.2, 0.25) is 0 Å². The monoisotopic (exact) mass is 245 g/mol. The summed E-state index contributed by atoms with van der Waals surface area (Å²) in [5, 5.41) is -0.0678. The highest BCUT2D eigenvalue weighted by Gasteiger charge is 2.10. The summed E-state index contributed by atoms with van der Waals surface area (Å²) in [6.07, 6.45) is 0. The first-order valence-electron chi connectivity index (χ1n) is 5.18. The van der Waals surface area contributed by atoms with Gasteiger partial charge in [0.15, 0.2) is 0 Å². The van der Waals surface area contributed by atoms with Gasteiger partial charge in [-0.15, -0.1) is 11.6 Å². The van der Waals surface area contributed by atoms with Crippen LogP contribution in [0.15, 0.2) is 24.3 Å². The summed E-state index contributed by atoms with van der Waals surface area (Å²) >= 11 is 6.02. The molecule has 1 aromatic carbocycles. The van der Waals surface area contributed by atoms with Crippen LogP contribution < -0.4 is 0 Å². The van der Waals surface area contributed by atoms with E-state index in [1.54, 1.807) is 19.2 Å². The summed E-state index contributed by atoms with van der Waals surface area (Å²) in [6, 6.07) is 6.77. The van der Waals surface area contributed by atoms with E-state index in [1.807, 2.05) is 18.0 Å². The first-order chi connectivity index (χ1) is 7.63. The number of alkyl halides is 1. The Morgan fingerprint density at radius 2 is 2.12 bits per heavy atom. The highest BCUT2D eigenvalue weighted by atomic mass is 35.5. The number of ether oxygens (including phenoxy) is 1. The SMILES string of the molecule is COCC(Cl)CN(C)Cc1ccccc1F. The standard InChI is InChI=1S/C12H17ClFNO/c1-15(8-11(13)9-16-2)7-10-5-3-4-6-12(10)14/h3-6,11H,7-9H2,1-2H3. The van der Waals surface area contributed by atoms with E-state index in [2.05, 4.69) is 0 Å². The molecule has 90 valence electrons. The van der Waals surface area contributed by atoms with Gasteiger partial charge < -0.3 is 9.64 Å². The molecule has 0 amide bonds. The molecule has 1 rings (SSSR count). The second-order valence-corrected chi connectivity index (χ2v) is 4.46. The molecule has 0 saturated heterocycles. The molecule has 0 heterocycles. The fourth-order valence-electron chi connectivity index (χ4n) is 1.55. The van der Waals surface area contributed by atoms with Crippen molar-refractivity contribution in [1.29, 1.82) is 0 Å². The molecular formula is C12H17ClFNO. The van der Waals surface area contributed by atoms with Gasteiger partial charge in [0.25, 0.3) is 0 Å². The van der Waals surface area contributed by atoms with Crippen molar-refractivity contribution in [2.45, 2.75) is 11.9 Å². The molecule has 0 saturated carbocycles. The van der Waals surface area contributed by atoms with Crippen molar-refractivity contribution in [3.8, 4) is 0 Å². The lowest BCUT2D eigenvalue weighted by Gasteiger charge is -2.19. The average Bonchev–Trinajstić information content (AvgIpc) is 2.21. The van der Waals surface area contributed by atoms with E-state index in [0.29, 0.717) is 25.3 Å². The molecule has 0 spiro atoms. The smallest absolute Gasteiger partial charge is 0.127 e. The molecule has 0 N–H and O–H groups in total. The number of hydrogen-bond acceptors (Lipinski definition) is 2. The van der Waals surface area contributed by atoms with Gasteiger partial charge in [-0.1, -0.05) is 18.2 Å². The lowest BCUT2D eigenvalue weighted by molar-refractivity contribution is 0.181. The maximum Gasteiger partial charge on any atom is 0.127 e. The predicted octanol–water partition coefficient (Wildman–Crippen LogP) is 2.51. The van der Waals surface area contributed by atoms with Crippen molar-refractivity contribution < 1.29 is 9.13 Å². The van der Waals surface area contributed by atoms with E-state index in [9.17, 15) is 4.39 Å². The molecule has 0 aromatic heterocycles. The van der Waals surface area contributed by atoms with Crippen LogP contribution in [-0.4, -0.2) is 37.6 Å². The molecule has 0 aliphatic carbocycles. The molecule has 0 radical (unpaired) electrons. The Morgan fingerprint density at radius 3 is 2.75 bits per heavy atom. The van der Waals surface area contributed by atoms with E-state index in [1.165, 1.54) is 6.07 Å². The van der Waals surface area contributed by atoms with Gasteiger partial charge in [-0.05, 0) is 13.1 Å². The topological polar surface area (TPSA) is 12.5 Å². The molecule has 4 heteroatoms. The second kappa shape index (κ2) is 6.84. The summed E-state index contributed by atoms with van der Waals surface area (Å²) < 4.78 is 18.3. The Morgan fingerprint density at radius 1 is 1.44 bits per heavy atom. The molecule has 0 aliphatic rings. The minimum absolute atomic E-state index is 0.0678. The molecule has 1 atom stereocenters. The fraction of sp³-hybridized carbons (Fsp3) is 0.500. The summed E-state index contributed by atoms with van der Waals surface area (Å²) in [5.41, 5.74) is 0.686. The second-order valence-electron chi connectivity index (χ2n) is 3.84. The van der Waals surface area contributed by atoms with Crippen LogP contribution in [-0.2, 0) is 11.3 Å². The maximum absolute atomic E-state index is 13.4. The Kier molecular flexibility index (Phi) is 5.74. The van der Waals surface area contributed by atoms with Crippen LogP contribution in [0.2, 0.25) is 0 Å².